The fourth-order valence-corrected chi connectivity index (χ4v) is 3.89. The standard InChI is InChI=1S/C24H24N4O5/c1-3-26(4-2)21(29)15-27-13-16(18-9-5-6-10-20(18)27)12-19-22(30)25-24(32)28(23(19)31)14-17-8-7-11-33-17/h5-13H,3-4,14-15H2,1-2H3,(H,25,30,32)/b19-12+. The first-order valence-electron chi connectivity index (χ1n) is 10.7. The predicted molar refractivity (Wildman–Crippen MR) is 121 cm³/mol. The molecule has 4 rings (SSSR count). The van der Waals surface area contributed by atoms with Crippen LogP contribution in [0.1, 0.15) is 25.2 Å². The summed E-state index contributed by atoms with van der Waals surface area (Å²) in [5.41, 5.74) is 1.24. The quantitative estimate of drug-likeness (QED) is 0.442. The van der Waals surface area contributed by atoms with Crippen molar-refractivity contribution in [3.05, 3.63) is 65.8 Å². The van der Waals surface area contributed by atoms with Crippen molar-refractivity contribution in [3.8, 4) is 0 Å². The number of para-hydroxylation sites is 1. The average molecular weight is 448 g/mol. The van der Waals surface area contributed by atoms with Crippen molar-refractivity contribution in [1.82, 2.24) is 19.7 Å². The molecule has 0 spiro atoms. The maximum atomic E-state index is 13.0. The Labute approximate surface area is 190 Å². The number of carbonyl (C=O) groups excluding carboxylic acids is 4. The fourth-order valence-electron chi connectivity index (χ4n) is 3.89. The molecule has 9 heteroatoms. The Kier molecular flexibility index (Phi) is 6.12. The number of urea groups is 1. The summed E-state index contributed by atoms with van der Waals surface area (Å²) in [6.45, 7) is 5.11. The molecule has 1 aromatic carbocycles. The third-order valence-electron chi connectivity index (χ3n) is 5.62. The minimum atomic E-state index is -0.800. The molecule has 0 bridgehead atoms. The minimum absolute atomic E-state index is 0.0262. The van der Waals surface area contributed by atoms with E-state index in [9.17, 15) is 19.2 Å². The van der Waals surface area contributed by atoms with Crippen molar-refractivity contribution in [1.29, 1.82) is 0 Å². The van der Waals surface area contributed by atoms with Crippen LogP contribution in [0.3, 0.4) is 0 Å². The van der Waals surface area contributed by atoms with Crippen molar-refractivity contribution in [2.24, 2.45) is 0 Å². The van der Waals surface area contributed by atoms with E-state index in [1.807, 2.05) is 38.1 Å². The minimum Gasteiger partial charge on any atom is -0.467 e. The third-order valence-corrected chi connectivity index (χ3v) is 5.62. The summed E-state index contributed by atoms with van der Waals surface area (Å²) >= 11 is 0. The summed E-state index contributed by atoms with van der Waals surface area (Å²) in [6.07, 6.45) is 4.64. The molecule has 3 aromatic rings. The van der Waals surface area contributed by atoms with E-state index in [0.29, 0.717) is 24.4 Å². The first-order valence-corrected chi connectivity index (χ1v) is 10.7. The summed E-state index contributed by atoms with van der Waals surface area (Å²) in [4.78, 5) is 53.1. The molecule has 3 heterocycles. The molecular formula is C24H24N4O5. The molecular weight excluding hydrogens is 424 g/mol. The van der Waals surface area contributed by atoms with Gasteiger partial charge < -0.3 is 13.9 Å². The third kappa shape index (κ3) is 4.30. The van der Waals surface area contributed by atoms with Gasteiger partial charge in [0.25, 0.3) is 11.8 Å². The van der Waals surface area contributed by atoms with Gasteiger partial charge in [-0.3, -0.25) is 24.6 Å². The fraction of sp³-hybridized carbons (Fsp3) is 0.250. The van der Waals surface area contributed by atoms with E-state index in [4.69, 9.17) is 4.42 Å². The molecule has 5 amide bonds. The molecule has 1 fully saturated rings. The van der Waals surface area contributed by atoms with Crippen LogP contribution in [0.5, 0.6) is 0 Å². The van der Waals surface area contributed by atoms with Gasteiger partial charge in [-0.15, -0.1) is 0 Å². The Morgan fingerprint density at radius 2 is 1.85 bits per heavy atom. The van der Waals surface area contributed by atoms with Gasteiger partial charge in [0.05, 0.1) is 12.8 Å². The Hall–Kier alpha value is -4.14. The van der Waals surface area contributed by atoms with Gasteiger partial charge >= 0.3 is 6.03 Å². The first-order chi connectivity index (χ1) is 15.9. The SMILES string of the molecule is CCN(CC)C(=O)Cn1cc(/C=C2\C(=O)NC(=O)N(Cc3ccco3)C2=O)c2ccccc21. The number of nitrogens with zero attached hydrogens (tertiary/aromatic N) is 3. The summed E-state index contributed by atoms with van der Waals surface area (Å²) < 4.78 is 7.04. The molecule has 1 aliphatic rings. The largest absolute Gasteiger partial charge is 0.467 e. The maximum Gasteiger partial charge on any atom is 0.331 e. The van der Waals surface area contributed by atoms with Gasteiger partial charge in [-0.2, -0.15) is 0 Å². The molecule has 33 heavy (non-hydrogen) atoms. The molecule has 1 N–H and O–H groups in total. The zero-order chi connectivity index (χ0) is 23.5. The normalized spacial score (nSPS) is 15.4. The molecule has 1 aliphatic heterocycles. The van der Waals surface area contributed by atoms with Gasteiger partial charge in [-0.25, -0.2) is 4.79 Å². The van der Waals surface area contributed by atoms with Gasteiger partial charge in [0.15, 0.2) is 0 Å². The van der Waals surface area contributed by atoms with Crippen LogP contribution in [0.2, 0.25) is 0 Å². The van der Waals surface area contributed by atoms with Crippen LogP contribution in [-0.2, 0) is 27.5 Å². The Morgan fingerprint density at radius 1 is 1.09 bits per heavy atom. The van der Waals surface area contributed by atoms with E-state index in [2.05, 4.69) is 5.32 Å². The maximum absolute atomic E-state index is 13.0. The lowest BCUT2D eigenvalue weighted by Crippen LogP contribution is -2.53. The molecule has 0 radical (unpaired) electrons. The summed E-state index contributed by atoms with van der Waals surface area (Å²) in [6, 6.07) is 9.93. The van der Waals surface area contributed by atoms with Gasteiger partial charge in [0.2, 0.25) is 5.91 Å². The molecule has 0 aliphatic carbocycles. The Balaban J connectivity index is 1.70. The van der Waals surface area contributed by atoms with E-state index in [-0.39, 0.29) is 24.6 Å². The number of hydrogen-bond donors (Lipinski definition) is 1. The number of barbiturate groups is 1. The zero-order valence-electron chi connectivity index (χ0n) is 18.4. The summed E-state index contributed by atoms with van der Waals surface area (Å²) in [5, 5.41) is 2.99. The molecule has 1 saturated heterocycles. The predicted octanol–water partition coefficient (Wildman–Crippen LogP) is 2.76. The lowest BCUT2D eigenvalue weighted by atomic mass is 10.1. The molecule has 0 saturated carbocycles. The number of imide groups is 2. The van der Waals surface area contributed by atoms with Crippen molar-refractivity contribution < 1.29 is 23.6 Å². The van der Waals surface area contributed by atoms with Gasteiger partial charge in [0.1, 0.15) is 17.9 Å². The number of rotatable bonds is 7. The number of nitrogens with one attached hydrogen (secondary N) is 1. The number of fused-ring (bicyclic) bond motifs is 1. The van der Waals surface area contributed by atoms with Crippen molar-refractivity contribution in [2.45, 2.75) is 26.9 Å². The average Bonchev–Trinajstić information content (AvgIpc) is 3.43. The highest BCUT2D eigenvalue weighted by Crippen LogP contribution is 2.25. The second kappa shape index (κ2) is 9.15. The number of furan rings is 1. The first kappa shape index (κ1) is 22.1. The molecule has 9 nitrogen and oxygen atoms in total. The highest BCUT2D eigenvalue weighted by molar-refractivity contribution is 6.31. The van der Waals surface area contributed by atoms with Gasteiger partial charge in [-0.1, -0.05) is 18.2 Å². The second-order valence-electron chi connectivity index (χ2n) is 7.58. The Bertz CT molecular complexity index is 1250. The number of likely N-dealkylation sites (N-methyl/N-ethyl adjacent to an activating group) is 1. The van der Waals surface area contributed by atoms with Crippen LogP contribution in [-0.4, -0.2) is 51.2 Å². The summed E-state index contributed by atoms with van der Waals surface area (Å²) in [7, 11) is 0. The highest BCUT2D eigenvalue weighted by atomic mass is 16.3. The van der Waals surface area contributed by atoms with E-state index in [0.717, 1.165) is 15.8 Å². The van der Waals surface area contributed by atoms with Crippen LogP contribution in [0.4, 0.5) is 4.79 Å². The lowest BCUT2D eigenvalue weighted by molar-refractivity contribution is -0.132. The highest BCUT2D eigenvalue weighted by Gasteiger charge is 2.36. The van der Waals surface area contributed by atoms with Crippen LogP contribution in [0, 0.1) is 0 Å². The van der Waals surface area contributed by atoms with Crippen LogP contribution >= 0.6 is 0 Å². The van der Waals surface area contributed by atoms with E-state index in [1.165, 1.54) is 12.3 Å². The topological polar surface area (TPSA) is 105 Å². The van der Waals surface area contributed by atoms with Crippen LogP contribution in [0.15, 0.2) is 58.8 Å². The molecule has 0 unspecified atom stereocenters. The van der Waals surface area contributed by atoms with Crippen molar-refractivity contribution in [2.75, 3.05) is 13.1 Å². The smallest absolute Gasteiger partial charge is 0.331 e. The van der Waals surface area contributed by atoms with Crippen molar-refractivity contribution >= 4 is 40.7 Å². The number of aromatic nitrogens is 1. The van der Waals surface area contributed by atoms with Crippen LogP contribution in [0.25, 0.3) is 17.0 Å². The van der Waals surface area contributed by atoms with E-state index in [1.54, 1.807) is 27.8 Å². The molecule has 170 valence electrons. The van der Waals surface area contributed by atoms with Gasteiger partial charge in [-0.05, 0) is 38.1 Å². The van der Waals surface area contributed by atoms with E-state index >= 15 is 0 Å². The second-order valence-corrected chi connectivity index (χ2v) is 7.58. The number of benzene rings is 1. The summed E-state index contributed by atoms with van der Waals surface area (Å²) in [5.74, 6) is -1.09. The number of carbonyl (C=O) groups is 4. The molecule has 2 aromatic heterocycles. The number of amides is 5. The van der Waals surface area contributed by atoms with Gasteiger partial charge in [0, 0.05) is 35.8 Å². The monoisotopic (exact) mass is 448 g/mol. The molecule has 0 atom stereocenters. The van der Waals surface area contributed by atoms with Crippen molar-refractivity contribution in [3.63, 3.8) is 0 Å². The Morgan fingerprint density at radius 3 is 2.55 bits per heavy atom. The number of hydrogen-bond acceptors (Lipinski definition) is 5. The zero-order valence-corrected chi connectivity index (χ0v) is 18.4. The van der Waals surface area contributed by atoms with Crippen LogP contribution < -0.4 is 5.32 Å². The van der Waals surface area contributed by atoms with E-state index < -0.39 is 17.8 Å². The lowest BCUT2D eigenvalue weighted by Gasteiger charge is -2.25.